The number of anilines is 1. The molecule has 1 N–H and O–H groups in total. The number of aliphatic hydroxyl groups excluding tert-OH is 1. The Morgan fingerprint density at radius 1 is 1.27 bits per heavy atom. The minimum absolute atomic E-state index is 0.107. The van der Waals surface area contributed by atoms with Gasteiger partial charge < -0.3 is 10.0 Å². The highest BCUT2D eigenvalue weighted by Crippen LogP contribution is 2.36. The number of hydrogen-bond donors (Lipinski definition) is 1. The number of aliphatic hydroxyl groups is 1. The zero-order valence-electron chi connectivity index (χ0n) is 12.4. The third kappa shape index (κ3) is 2.56. The van der Waals surface area contributed by atoms with Crippen LogP contribution in [0.3, 0.4) is 0 Å². The van der Waals surface area contributed by atoms with Crippen molar-refractivity contribution in [2.75, 3.05) is 24.6 Å². The molecule has 2 aromatic rings. The normalized spacial score (nSPS) is 21.4. The largest absolute Gasteiger partial charge is 0.395 e. The fraction of sp³-hybridized carbons (Fsp3) is 0.333. The Hall–Kier alpha value is -2.38. The Labute approximate surface area is 130 Å². The fourth-order valence-corrected chi connectivity index (χ4v) is 3.32. The maximum absolute atomic E-state index is 10.1. The van der Waals surface area contributed by atoms with E-state index in [0.29, 0.717) is 12.1 Å². The van der Waals surface area contributed by atoms with Crippen LogP contribution in [0.25, 0.3) is 0 Å². The monoisotopic (exact) mass is 293 g/mol. The summed E-state index contributed by atoms with van der Waals surface area (Å²) in [5.41, 5.74) is 2.38. The Kier molecular flexibility index (Phi) is 4.08. The number of piperidine rings is 1. The predicted molar refractivity (Wildman–Crippen MR) is 85.6 cm³/mol. The highest BCUT2D eigenvalue weighted by atomic mass is 16.3. The van der Waals surface area contributed by atoms with Gasteiger partial charge in [-0.15, -0.1) is 0 Å². The van der Waals surface area contributed by atoms with Gasteiger partial charge in [-0.2, -0.15) is 5.26 Å². The lowest BCUT2D eigenvalue weighted by Crippen LogP contribution is -2.48. The van der Waals surface area contributed by atoms with Crippen molar-refractivity contribution in [3.63, 3.8) is 0 Å². The summed E-state index contributed by atoms with van der Waals surface area (Å²) >= 11 is 0. The van der Waals surface area contributed by atoms with Gasteiger partial charge >= 0.3 is 0 Å². The molecule has 0 saturated carbocycles. The van der Waals surface area contributed by atoms with E-state index >= 15 is 0 Å². The van der Waals surface area contributed by atoms with Gasteiger partial charge in [-0.3, -0.25) is 4.98 Å². The van der Waals surface area contributed by atoms with E-state index in [4.69, 9.17) is 0 Å². The summed E-state index contributed by atoms with van der Waals surface area (Å²) < 4.78 is 0. The topological polar surface area (TPSA) is 60.2 Å². The Morgan fingerprint density at radius 2 is 2.09 bits per heavy atom. The lowest BCUT2D eigenvalue weighted by molar-refractivity contribution is 0.172. The maximum atomic E-state index is 10.1. The number of hydrogen-bond acceptors (Lipinski definition) is 4. The molecule has 1 aliphatic rings. The lowest BCUT2D eigenvalue weighted by Gasteiger charge is -2.43. The molecule has 22 heavy (non-hydrogen) atoms. The van der Waals surface area contributed by atoms with Gasteiger partial charge in [0.05, 0.1) is 24.1 Å². The molecule has 0 amide bonds. The summed E-state index contributed by atoms with van der Waals surface area (Å²) in [6.45, 7) is 1.69. The predicted octanol–water partition coefficient (Wildman–Crippen LogP) is 2.48. The maximum Gasteiger partial charge on any atom is 0.101 e. The summed E-state index contributed by atoms with van der Waals surface area (Å²) in [6, 6.07) is 14.1. The molecule has 1 unspecified atom stereocenters. The summed E-state index contributed by atoms with van der Waals surface area (Å²) in [5, 5.41) is 19.4. The van der Waals surface area contributed by atoms with E-state index in [-0.39, 0.29) is 12.0 Å². The molecule has 112 valence electrons. The van der Waals surface area contributed by atoms with Crippen molar-refractivity contribution in [2.45, 2.75) is 18.3 Å². The molecular formula is C18H19N3O. The van der Waals surface area contributed by atoms with Crippen LogP contribution in [0.15, 0.2) is 48.8 Å². The molecule has 1 aromatic heterocycles. The van der Waals surface area contributed by atoms with Crippen LogP contribution in [0.5, 0.6) is 0 Å². The SMILES string of the molecule is N#Cc1ccncc1N1CCCC(CO)(c2ccccc2)C1. The zero-order valence-corrected chi connectivity index (χ0v) is 12.4. The Balaban J connectivity index is 1.95. The summed E-state index contributed by atoms with van der Waals surface area (Å²) in [7, 11) is 0. The molecule has 1 fully saturated rings. The summed E-state index contributed by atoms with van der Waals surface area (Å²) in [4.78, 5) is 6.34. The number of rotatable bonds is 3. The van der Waals surface area contributed by atoms with Crippen molar-refractivity contribution < 1.29 is 5.11 Å². The van der Waals surface area contributed by atoms with Crippen molar-refractivity contribution in [3.05, 3.63) is 59.9 Å². The van der Waals surface area contributed by atoms with E-state index in [1.54, 1.807) is 18.5 Å². The van der Waals surface area contributed by atoms with Crippen LogP contribution in [0.2, 0.25) is 0 Å². The van der Waals surface area contributed by atoms with Crippen LogP contribution >= 0.6 is 0 Å². The molecule has 4 heteroatoms. The molecule has 1 aromatic carbocycles. The quantitative estimate of drug-likeness (QED) is 0.944. The Morgan fingerprint density at radius 3 is 2.82 bits per heavy atom. The average molecular weight is 293 g/mol. The van der Waals surface area contributed by atoms with Gasteiger partial charge in [0.2, 0.25) is 0 Å². The van der Waals surface area contributed by atoms with Gasteiger partial charge in [0.25, 0.3) is 0 Å². The number of nitriles is 1. The summed E-state index contributed by atoms with van der Waals surface area (Å²) in [5.74, 6) is 0. The minimum atomic E-state index is -0.276. The van der Waals surface area contributed by atoms with Gasteiger partial charge in [-0.25, -0.2) is 0 Å². The van der Waals surface area contributed by atoms with Crippen LogP contribution in [-0.2, 0) is 5.41 Å². The zero-order chi connectivity index (χ0) is 15.4. The fourth-order valence-electron chi connectivity index (χ4n) is 3.32. The van der Waals surface area contributed by atoms with Gasteiger partial charge in [0.1, 0.15) is 6.07 Å². The van der Waals surface area contributed by atoms with Crippen molar-refractivity contribution in [3.8, 4) is 6.07 Å². The van der Waals surface area contributed by atoms with Crippen LogP contribution in [0.1, 0.15) is 24.0 Å². The first-order chi connectivity index (χ1) is 10.8. The van der Waals surface area contributed by atoms with Gasteiger partial charge in [0, 0.05) is 24.7 Å². The van der Waals surface area contributed by atoms with E-state index in [9.17, 15) is 10.4 Å². The first kappa shape index (κ1) is 14.6. The highest BCUT2D eigenvalue weighted by molar-refractivity contribution is 5.58. The molecular weight excluding hydrogens is 274 g/mol. The van der Waals surface area contributed by atoms with Crippen molar-refractivity contribution in [1.29, 1.82) is 5.26 Å². The molecule has 2 heterocycles. The van der Waals surface area contributed by atoms with Crippen LogP contribution < -0.4 is 4.90 Å². The average Bonchev–Trinajstić information content (AvgIpc) is 2.62. The molecule has 1 aliphatic heterocycles. The lowest BCUT2D eigenvalue weighted by atomic mass is 9.74. The van der Waals surface area contributed by atoms with Gasteiger partial charge in [-0.05, 0) is 24.5 Å². The third-order valence-corrected chi connectivity index (χ3v) is 4.53. The van der Waals surface area contributed by atoms with Gasteiger partial charge in [-0.1, -0.05) is 30.3 Å². The van der Waals surface area contributed by atoms with Crippen molar-refractivity contribution >= 4 is 5.69 Å². The molecule has 1 atom stereocenters. The number of benzene rings is 1. The van der Waals surface area contributed by atoms with Crippen LogP contribution in [0, 0.1) is 11.3 Å². The first-order valence-electron chi connectivity index (χ1n) is 7.54. The molecule has 0 bridgehead atoms. The smallest absolute Gasteiger partial charge is 0.101 e. The van der Waals surface area contributed by atoms with E-state index in [1.807, 2.05) is 18.2 Å². The van der Waals surface area contributed by atoms with E-state index in [0.717, 1.165) is 30.6 Å². The molecule has 0 aliphatic carbocycles. The molecule has 0 spiro atoms. The highest BCUT2D eigenvalue weighted by Gasteiger charge is 2.37. The first-order valence-corrected chi connectivity index (χ1v) is 7.54. The number of nitrogens with zero attached hydrogens (tertiary/aromatic N) is 3. The molecule has 1 saturated heterocycles. The second kappa shape index (κ2) is 6.17. The van der Waals surface area contributed by atoms with Gasteiger partial charge in [0.15, 0.2) is 0 Å². The van der Waals surface area contributed by atoms with E-state index in [1.165, 1.54) is 0 Å². The third-order valence-electron chi connectivity index (χ3n) is 4.53. The van der Waals surface area contributed by atoms with Crippen LogP contribution in [0.4, 0.5) is 5.69 Å². The summed E-state index contributed by atoms with van der Waals surface area (Å²) in [6.07, 6.45) is 5.32. The second-order valence-corrected chi connectivity index (χ2v) is 5.83. The van der Waals surface area contributed by atoms with Crippen LogP contribution in [-0.4, -0.2) is 29.8 Å². The van der Waals surface area contributed by atoms with Crippen molar-refractivity contribution in [2.24, 2.45) is 0 Å². The molecule has 4 nitrogen and oxygen atoms in total. The molecule has 3 rings (SSSR count). The molecule has 0 radical (unpaired) electrons. The van der Waals surface area contributed by atoms with Crippen molar-refractivity contribution in [1.82, 2.24) is 4.98 Å². The standard InChI is InChI=1S/C18H19N3O/c19-11-15-7-9-20-12-17(15)21-10-4-8-18(13-21,14-22)16-5-2-1-3-6-16/h1-3,5-7,9,12,22H,4,8,10,13-14H2. The minimum Gasteiger partial charge on any atom is -0.395 e. The van der Waals surface area contributed by atoms with E-state index < -0.39 is 0 Å². The van der Waals surface area contributed by atoms with E-state index in [2.05, 4.69) is 28.1 Å². The number of aromatic nitrogens is 1. The second-order valence-electron chi connectivity index (χ2n) is 5.83. The Bertz CT molecular complexity index is 680. The number of pyridine rings is 1.